The molecule has 0 aliphatic carbocycles. The Balaban J connectivity index is 1.69. The van der Waals surface area contributed by atoms with Gasteiger partial charge >= 0.3 is 0 Å². The van der Waals surface area contributed by atoms with Crippen LogP contribution in [0.1, 0.15) is 11.7 Å². The van der Waals surface area contributed by atoms with Crippen molar-refractivity contribution in [2.45, 2.75) is 6.17 Å². The van der Waals surface area contributed by atoms with Gasteiger partial charge in [0.25, 0.3) is 0 Å². The number of fused-ring (bicyclic) bond motifs is 3. The normalized spacial score (nSPS) is 13.1. The van der Waals surface area contributed by atoms with Crippen LogP contribution in [0.5, 0.6) is 0 Å². The van der Waals surface area contributed by atoms with E-state index in [-0.39, 0.29) is 0 Å². The predicted molar refractivity (Wildman–Crippen MR) is 91.6 cm³/mol. The maximum Gasteiger partial charge on any atom is 0.144 e. The molecule has 3 aromatic carbocycles. The molecule has 4 aromatic rings. The Bertz CT molecular complexity index is 989. The lowest BCUT2D eigenvalue weighted by Crippen LogP contribution is -2.05. The van der Waals surface area contributed by atoms with Gasteiger partial charge in [-0.3, -0.25) is 0 Å². The molecule has 1 heterocycles. The van der Waals surface area contributed by atoms with Crippen LogP contribution in [0.4, 0.5) is 5.69 Å². The monoisotopic (exact) mass is 301 g/mol. The first-order valence-electron chi connectivity index (χ1n) is 7.44. The van der Waals surface area contributed by atoms with Crippen LogP contribution in [0.25, 0.3) is 21.9 Å². The molecule has 0 amide bonds. The number of hydrogen-bond acceptors (Lipinski definition) is 4. The van der Waals surface area contributed by atoms with Crippen LogP contribution in [-0.2, 0) is 0 Å². The quantitative estimate of drug-likeness (QED) is 0.520. The Morgan fingerprint density at radius 3 is 2.39 bits per heavy atom. The van der Waals surface area contributed by atoms with Crippen LogP contribution < -0.4 is 5.73 Å². The zero-order valence-electron chi connectivity index (χ0n) is 12.4. The lowest BCUT2D eigenvalue weighted by molar-refractivity contribution is 0.669. The number of hydrogen-bond donors (Lipinski definition) is 1. The van der Waals surface area contributed by atoms with Crippen molar-refractivity contribution in [3.8, 4) is 0 Å². The van der Waals surface area contributed by atoms with Crippen LogP contribution >= 0.6 is 0 Å². The molecule has 0 bridgehead atoms. The molecule has 0 saturated carbocycles. The standard InChI is InChI=1S/C19H15N3O/c20-19(13-6-2-1-3-7-13)22-21-14-10-11-18-16(12-14)15-8-4-5-9-17(15)23-18/h1-12,19H,20H2. The molecule has 23 heavy (non-hydrogen) atoms. The van der Waals surface area contributed by atoms with E-state index in [4.69, 9.17) is 10.2 Å². The topological polar surface area (TPSA) is 63.9 Å². The van der Waals surface area contributed by atoms with Gasteiger partial charge in [-0.1, -0.05) is 48.5 Å². The largest absolute Gasteiger partial charge is 0.456 e. The SMILES string of the molecule is NC(N=Nc1ccc2oc3ccccc3c2c1)c1ccccc1. The van der Waals surface area contributed by atoms with E-state index in [1.807, 2.05) is 72.8 Å². The summed E-state index contributed by atoms with van der Waals surface area (Å²) in [5, 5.41) is 10.6. The second-order valence-electron chi connectivity index (χ2n) is 5.35. The number of furan rings is 1. The number of benzene rings is 3. The zero-order valence-corrected chi connectivity index (χ0v) is 12.4. The third-order valence-corrected chi connectivity index (χ3v) is 3.80. The molecule has 4 rings (SSSR count). The van der Waals surface area contributed by atoms with E-state index in [9.17, 15) is 0 Å². The van der Waals surface area contributed by atoms with Crippen LogP contribution in [0.3, 0.4) is 0 Å². The minimum Gasteiger partial charge on any atom is -0.456 e. The van der Waals surface area contributed by atoms with Crippen molar-refractivity contribution >= 4 is 27.6 Å². The van der Waals surface area contributed by atoms with Gasteiger partial charge in [0.15, 0.2) is 0 Å². The first-order valence-corrected chi connectivity index (χ1v) is 7.44. The smallest absolute Gasteiger partial charge is 0.144 e. The van der Waals surface area contributed by atoms with E-state index >= 15 is 0 Å². The number of azo groups is 1. The Hall–Kier alpha value is -2.98. The molecule has 4 heteroatoms. The van der Waals surface area contributed by atoms with Crippen LogP contribution in [0.2, 0.25) is 0 Å². The maximum absolute atomic E-state index is 6.05. The van der Waals surface area contributed by atoms with E-state index in [2.05, 4.69) is 10.2 Å². The van der Waals surface area contributed by atoms with Gasteiger partial charge in [0.05, 0.1) is 5.69 Å². The fourth-order valence-electron chi connectivity index (χ4n) is 2.62. The molecule has 1 atom stereocenters. The van der Waals surface area contributed by atoms with Crippen molar-refractivity contribution in [2.24, 2.45) is 16.0 Å². The summed E-state index contributed by atoms with van der Waals surface area (Å²) in [6.45, 7) is 0. The number of rotatable bonds is 3. The Morgan fingerprint density at radius 2 is 1.52 bits per heavy atom. The van der Waals surface area contributed by atoms with Gasteiger partial charge in [-0.2, -0.15) is 10.2 Å². The third kappa shape index (κ3) is 2.60. The van der Waals surface area contributed by atoms with Crippen molar-refractivity contribution in [3.05, 3.63) is 78.4 Å². The highest BCUT2D eigenvalue weighted by Gasteiger charge is 2.07. The van der Waals surface area contributed by atoms with Gasteiger partial charge in [0.1, 0.15) is 17.3 Å². The molecule has 2 N–H and O–H groups in total. The Labute approximate surface area is 133 Å². The second-order valence-corrected chi connectivity index (χ2v) is 5.35. The van der Waals surface area contributed by atoms with Gasteiger partial charge in [0, 0.05) is 10.8 Å². The van der Waals surface area contributed by atoms with E-state index in [0.717, 1.165) is 33.2 Å². The van der Waals surface area contributed by atoms with Crippen LogP contribution in [-0.4, -0.2) is 0 Å². The average molecular weight is 301 g/mol. The molecule has 4 nitrogen and oxygen atoms in total. The number of para-hydroxylation sites is 1. The number of nitrogens with zero attached hydrogens (tertiary/aromatic N) is 2. The molecule has 0 aliphatic rings. The molecule has 0 aliphatic heterocycles. The fourth-order valence-corrected chi connectivity index (χ4v) is 2.62. The zero-order chi connectivity index (χ0) is 15.6. The fraction of sp³-hybridized carbons (Fsp3) is 0.0526. The molecule has 0 radical (unpaired) electrons. The van der Waals surface area contributed by atoms with Crippen molar-refractivity contribution in [1.82, 2.24) is 0 Å². The summed E-state index contributed by atoms with van der Waals surface area (Å²) in [6, 6.07) is 23.4. The lowest BCUT2D eigenvalue weighted by atomic mass is 10.1. The average Bonchev–Trinajstić information content (AvgIpc) is 2.98. The summed E-state index contributed by atoms with van der Waals surface area (Å²) in [5.74, 6) is 0. The van der Waals surface area contributed by atoms with E-state index in [1.165, 1.54) is 0 Å². The minimum atomic E-state index is -0.465. The third-order valence-electron chi connectivity index (χ3n) is 3.80. The second kappa shape index (κ2) is 5.66. The van der Waals surface area contributed by atoms with Gasteiger partial charge in [-0.05, 0) is 29.8 Å². The number of nitrogens with two attached hydrogens (primary N) is 1. The predicted octanol–water partition coefficient (Wildman–Crippen LogP) is 5.33. The maximum atomic E-state index is 6.05. The molecular formula is C19H15N3O. The molecular weight excluding hydrogens is 286 g/mol. The van der Waals surface area contributed by atoms with E-state index in [1.54, 1.807) is 0 Å². The highest BCUT2D eigenvalue weighted by molar-refractivity contribution is 6.05. The van der Waals surface area contributed by atoms with Crippen molar-refractivity contribution < 1.29 is 4.42 Å². The van der Waals surface area contributed by atoms with Crippen LogP contribution in [0.15, 0.2) is 87.4 Å². The van der Waals surface area contributed by atoms with Gasteiger partial charge in [-0.15, -0.1) is 0 Å². The van der Waals surface area contributed by atoms with Crippen molar-refractivity contribution in [2.75, 3.05) is 0 Å². The molecule has 1 aromatic heterocycles. The van der Waals surface area contributed by atoms with Crippen molar-refractivity contribution in [1.29, 1.82) is 0 Å². The minimum absolute atomic E-state index is 0.465. The van der Waals surface area contributed by atoms with E-state index in [0.29, 0.717) is 0 Å². The van der Waals surface area contributed by atoms with Gasteiger partial charge in [0.2, 0.25) is 0 Å². The molecule has 1 unspecified atom stereocenters. The molecule has 112 valence electrons. The van der Waals surface area contributed by atoms with Crippen molar-refractivity contribution in [3.63, 3.8) is 0 Å². The summed E-state index contributed by atoms with van der Waals surface area (Å²) in [5.41, 5.74) is 9.46. The van der Waals surface area contributed by atoms with E-state index < -0.39 is 6.17 Å². The van der Waals surface area contributed by atoms with Gasteiger partial charge in [-0.25, -0.2) is 0 Å². The molecule has 0 saturated heterocycles. The molecule has 0 fully saturated rings. The summed E-state index contributed by atoms with van der Waals surface area (Å²) >= 11 is 0. The summed E-state index contributed by atoms with van der Waals surface area (Å²) in [6.07, 6.45) is -0.465. The highest BCUT2D eigenvalue weighted by atomic mass is 16.3. The summed E-state index contributed by atoms with van der Waals surface area (Å²) in [4.78, 5) is 0. The first kappa shape index (κ1) is 13.7. The highest BCUT2D eigenvalue weighted by Crippen LogP contribution is 2.31. The summed E-state index contributed by atoms with van der Waals surface area (Å²) < 4.78 is 5.81. The Morgan fingerprint density at radius 1 is 0.783 bits per heavy atom. The Kier molecular flexibility index (Phi) is 3.37. The van der Waals surface area contributed by atoms with Crippen LogP contribution in [0, 0.1) is 0 Å². The van der Waals surface area contributed by atoms with Gasteiger partial charge < -0.3 is 10.2 Å². The summed E-state index contributed by atoms with van der Waals surface area (Å²) in [7, 11) is 0. The lowest BCUT2D eigenvalue weighted by Gasteiger charge is -2.04. The first-order chi connectivity index (χ1) is 11.3. The molecule has 0 spiro atoms.